The molecule has 0 radical (unpaired) electrons. The molecule has 0 saturated carbocycles. The van der Waals surface area contributed by atoms with Crippen LogP contribution >= 0.6 is 23.1 Å². The summed E-state index contributed by atoms with van der Waals surface area (Å²) in [5, 5.41) is 12.7. The van der Waals surface area contributed by atoms with Gasteiger partial charge in [0.25, 0.3) is 5.89 Å². The van der Waals surface area contributed by atoms with Gasteiger partial charge in [-0.3, -0.25) is 0 Å². The van der Waals surface area contributed by atoms with Crippen molar-refractivity contribution in [1.29, 1.82) is 5.26 Å². The fourth-order valence-electron chi connectivity index (χ4n) is 1.31. The SMILES string of the molecule is CC(C)CSCc1noc(-c2ccc(C#N)s2)n1. The molecule has 6 heteroatoms. The molecular weight excluding hydrogens is 266 g/mol. The lowest BCUT2D eigenvalue weighted by Crippen LogP contribution is -1.92. The van der Waals surface area contributed by atoms with Crippen LogP contribution in [0.25, 0.3) is 10.8 Å². The van der Waals surface area contributed by atoms with Crippen LogP contribution in [-0.2, 0) is 5.75 Å². The summed E-state index contributed by atoms with van der Waals surface area (Å²) in [6, 6.07) is 5.69. The molecule has 2 heterocycles. The van der Waals surface area contributed by atoms with Gasteiger partial charge >= 0.3 is 0 Å². The minimum atomic E-state index is 0.502. The first-order valence-electron chi connectivity index (χ1n) is 5.59. The predicted octanol–water partition coefficient (Wildman–Crippen LogP) is 3.56. The van der Waals surface area contributed by atoms with Gasteiger partial charge in [-0.2, -0.15) is 22.0 Å². The number of thiophene rings is 1. The van der Waals surface area contributed by atoms with E-state index in [0.717, 1.165) is 16.4 Å². The van der Waals surface area contributed by atoms with Gasteiger partial charge in [-0.05, 0) is 23.8 Å². The van der Waals surface area contributed by atoms with Crippen molar-refractivity contribution in [2.75, 3.05) is 5.75 Å². The molecule has 0 atom stereocenters. The van der Waals surface area contributed by atoms with Gasteiger partial charge in [0.05, 0.1) is 10.6 Å². The lowest BCUT2D eigenvalue weighted by atomic mass is 10.3. The summed E-state index contributed by atoms with van der Waals surface area (Å²) in [7, 11) is 0. The second-order valence-corrected chi connectivity index (χ2v) is 6.31. The van der Waals surface area contributed by atoms with Gasteiger partial charge in [-0.15, -0.1) is 11.3 Å². The van der Waals surface area contributed by atoms with Gasteiger partial charge in [0.2, 0.25) is 0 Å². The zero-order chi connectivity index (χ0) is 13.0. The van der Waals surface area contributed by atoms with Crippen molar-refractivity contribution in [1.82, 2.24) is 10.1 Å². The van der Waals surface area contributed by atoms with Crippen molar-refractivity contribution in [2.24, 2.45) is 5.92 Å². The van der Waals surface area contributed by atoms with Gasteiger partial charge in [-0.1, -0.05) is 19.0 Å². The van der Waals surface area contributed by atoms with E-state index >= 15 is 0 Å². The van der Waals surface area contributed by atoms with E-state index in [-0.39, 0.29) is 0 Å². The standard InChI is InChI=1S/C12H13N3OS2/c1-8(2)6-17-7-11-14-12(16-15-11)10-4-3-9(5-13)18-10/h3-4,8H,6-7H2,1-2H3. The number of aromatic nitrogens is 2. The minimum Gasteiger partial charge on any atom is -0.333 e. The summed E-state index contributed by atoms with van der Waals surface area (Å²) in [5.41, 5.74) is 0. The van der Waals surface area contributed by atoms with E-state index in [1.807, 2.05) is 6.07 Å². The Labute approximate surface area is 114 Å². The van der Waals surface area contributed by atoms with Crippen molar-refractivity contribution in [3.05, 3.63) is 22.8 Å². The van der Waals surface area contributed by atoms with Crippen LogP contribution in [0.3, 0.4) is 0 Å². The first-order valence-corrected chi connectivity index (χ1v) is 7.57. The van der Waals surface area contributed by atoms with Crippen molar-refractivity contribution in [3.8, 4) is 16.8 Å². The van der Waals surface area contributed by atoms with Crippen molar-refractivity contribution >= 4 is 23.1 Å². The topological polar surface area (TPSA) is 62.7 Å². The highest BCUT2D eigenvalue weighted by Crippen LogP contribution is 2.26. The van der Waals surface area contributed by atoms with E-state index in [0.29, 0.717) is 22.5 Å². The highest BCUT2D eigenvalue weighted by molar-refractivity contribution is 7.98. The second-order valence-electron chi connectivity index (χ2n) is 4.20. The highest BCUT2D eigenvalue weighted by Gasteiger charge is 2.11. The number of nitrogens with zero attached hydrogens (tertiary/aromatic N) is 3. The fourth-order valence-corrected chi connectivity index (χ4v) is 2.93. The van der Waals surface area contributed by atoms with Crippen LogP contribution in [0.1, 0.15) is 24.5 Å². The Morgan fingerprint density at radius 2 is 2.33 bits per heavy atom. The summed E-state index contributed by atoms with van der Waals surface area (Å²) in [6.07, 6.45) is 0. The van der Waals surface area contributed by atoms with Gasteiger partial charge in [0, 0.05) is 0 Å². The first kappa shape index (κ1) is 13.1. The molecule has 0 aromatic carbocycles. The molecule has 0 aliphatic heterocycles. The highest BCUT2D eigenvalue weighted by atomic mass is 32.2. The van der Waals surface area contributed by atoms with Gasteiger partial charge in [0.15, 0.2) is 5.82 Å². The van der Waals surface area contributed by atoms with Crippen LogP contribution < -0.4 is 0 Å². The molecule has 0 unspecified atom stereocenters. The smallest absolute Gasteiger partial charge is 0.268 e. The lowest BCUT2D eigenvalue weighted by Gasteiger charge is -2.00. The molecule has 0 N–H and O–H groups in total. The Kier molecular flexibility index (Phi) is 4.39. The van der Waals surface area contributed by atoms with Crippen LogP contribution in [0.4, 0.5) is 0 Å². The van der Waals surface area contributed by atoms with Crippen molar-refractivity contribution in [3.63, 3.8) is 0 Å². The molecule has 0 aliphatic carbocycles. The zero-order valence-electron chi connectivity index (χ0n) is 10.2. The third-order valence-corrected chi connectivity index (χ3v) is 4.42. The monoisotopic (exact) mass is 279 g/mol. The van der Waals surface area contributed by atoms with E-state index < -0.39 is 0 Å². The second kappa shape index (κ2) is 6.03. The van der Waals surface area contributed by atoms with Crippen LogP contribution in [0.15, 0.2) is 16.7 Å². The molecule has 0 bridgehead atoms. The number of rotatable bonds is 5. The zero-order valence-corrected chi connectivity index (χ0v) is 11.8. The molecule has 4 nitrogen and oxygen atoms in total. The van der Waals surface area contributed by atoms with Crippen LogP contribution in [0, 0.1) is 17.2 Å². The maximum Gasteiger partial charge on any atom is 0.268 e. The molecule has 0 amide bonds. The number of nitriles is 1. The van der Waals surface area contributed by atoms with Crippen molar-refractivity contribution < 1.29 is 4.52 Å². The van der Waals surface area contributed by atoms with E-state index in [1.165, 1.54) is 11.3 Å². The van der Waals surface area contributed by atoms with E-state index in [2.05, 4.69) is 30.1 Å². The van der Waals surface area contributed by atoms with Crippen LogP contribution in [0.2, 0.25) is 0 Å². The van der Waals surface area contributed by atoms with Crippen LogP contribution in [-0.4, -0.2) is 15.9 Å². The Morgan fingerprint density at radius 1 is 1.50 bits per heavy atom. The normalized spacial score (nSPS) is 10.8. The summed E-state index contributed by atoms with van der Waals surface area (Å²) >= 11 is 3.16. The summed E-state index contributed by atoms with van der Waals surface area (Å²) in [6.45, 7) is 4.37. The van der Waals surface area contributed by atoms with E-state index in [1.54, 1.807) is 17.8 Å². The number of hydrogen-bond acceptors (Lipinski definition) is 6. The third kappa shape index (κ3) is 3.34. The first-order chi connectivity index (χ1) is 8.69. The molecule has 0 spiro atoms. The lowest BCUT2D eigenvalue weighted by molar-refractivity contribution is 0.426. The summed E-state index contributed by atoms with van der Waals surface area (Å²) in [4.78, 5) is 5.83. The molecule has 0 saturated heterocycles. The third-order valence-electron chi connectivity index (χ3n) is 2.08. The molecule has 0 aliphatic rings. The molecule has 2 aromatic rings. The Morgan fingerprint density at radius 3 is 3.00 bits per heavy atom. The maximum atomic E-state index is 8.76. The predicted molar refractivity (Wildman–Crippen MR) is 73.3 cm³/mol. The molecule has 0 fully saturated rings. The van der Waals surface area contributed by atoms with Crippen molar-refractivity contribution in [2.45, 2.75) is 19.6 Å². The van der Waals surface area contributed by atoms with Gasteiger partial charge in [0.1, 0.15) is 10.9 Å². The largest absolute Gasteiger partial charge is 0.333 e. The van der Waals surface area contributed by atoms with E-state index in [4.69, 9.17) is 9.78 Å². The molecular formula is C12H13N3OS2. The number of hydrogen-bond donors (Lipinski definition) is 0. The minimum absolute atomic E-state index is 0.502. The van der Waals surface area contributed by atoms with Crippen LogP contribution in [0.5, 0.6) is 0 Å². The van der Waals surface area contributed by atoms with Gasteiger partial charge in [-0.25, -0.2) is 0 Å². The maximum absolute atomic E-state index is 8.76. The summed E-state index contributed by atoms with van der Waals surface area (Å²) in [5.74, 6) is 3.72. The molecule has 2 rings (SSSR count). The fraction of sp³-hybridized carbons (Fsp3) is 0.417. The molecule has 94 valence electrons. The average molecular weight is 279 g/mol. The molecule has 2 aromatic heterocycles. The molecule has 18 heavy (non-hydrogen) atoms. The average Bonchev–Trinajstić information content (AvgIpc) is 2.95. The number of thioether (sulfide) groups is 1. The van der Waals surface area contributed by atoms with E-state index in [9.17, 15) is 0 Å². The summed E-state index contributed by atoms with van der Waals surface area (Å²) < 4.78 is 5.19. The Balaban J connectivity index is 1.99. The Hall–Kier alpha value is -1.32. The Bertz CT molecular complexity index is 554. The quantitative estimate of drug-likeness (QED) is 0.837. The van der Waals surface area contributed by atoms with Gasteiger partial charge < -0.3 is 4.52 Å².